The smallest absolute Gasteiger partial charge is 0.250 e. The van der Waals surface area contributed by atoms with Gasteiger partial charge < -0.3 is 15.0 Å². The summed E-state index contributed by atoms with van der Waals surface area (Å²) in [5, 5.41) is 4.51. The molecule has 1 atom stereocenters. The Hall–Kier alpha value is -1.94. The van der Waals surface area contributed by atoms with Gasteiger partial charge in [-0.15, -0.1) is 11.3 Å². The third-order valence-electron chi connectivity index (χ3n) is 4.00. The molecule has 1 aromatic carbocycles. The van der Waals surface area contributed by atoms with E-state index in [9.17, 15) is 13.2 Å². The zero-order chi connectivity index (χ0) is 18.6. The predicted molar refractivity (Wildman–Crippen MR) is 102 cm³/mol. The zero-order valence-electron chi connectivity index (χ0n) is 14.3. The minimum absolute atomic E-state index is 0.186. The lowest BCUT2D eigenvalue weighted by atomic mass is 10.2. The molecule has 0 saturated carbocycles. The van der Waals surface area contributed by atoms with E-state index < -0.39 is 22.0 Å². The molecule has 1 aliphatic heterocycles. The molecule has 1 saturated heterocycles. The lowest BCUT2D eigenvalue weighted by molar-refractivity contribution is -0.117. The second kappa shape index (κ2) is 8.17. The number of hydrogen-bond donors (Lipinski definition) is 2. The van der Waals surface area contributed by atoms with Gasteiger partial charge in [0, 0.05) is 13.1 Å². The molecule has 2 aromatic rings. The number of para-hydroxylation sites is 2. The minimum Gasteiger partial charge on any atom is -0.378 e. The van der Waals surface area contributed by atoms with Gasteiger partial charge in [0.1, 0.15) is 4.21 Å². The van der Waals surface area contributed by atoms with E-state index in [0.29, 0.717) is 18.9 Å². The largest absolute Gasteiger partial charge is 0.378 e. The number of amides is 1. The maximum Gasteiger partial charge on any atom is 0.250 e. The van der Waals surface area contributed by atoms with Crippen LogP contribution in [0.3, 0.4) is 0 Å². The van der Waals surface area contributed by atoms with Crippen LogP contribution in [0.5, 0.6) is 0 Å². The van der Waals surface area contributed by atoms with E-state index in [-0.39, 0.29) is 4.21 Å². The Morgan fingerprint density at radius 2 is 1.92 bits per heavy atom. The van der Waals surface area contributed by atoms with E-state index in [1.807, 2.05) is 24.3 Å². The first-order valence-corrected chi connectivity index (χ1v) is 10.6. The van der Waals surface area contributed by atoms with Crippen molar-refractivity contribution in [2.45, 2.75) is 17.2 Å². The van der Waals surface area contributed by atoms with Crippen LogP contribution in [-0.4, -0.2) is 46.7 Å². The first-order valence-electron chi connectivity index (χ1n) is 8.26. The second-order valence-corrected chi connectivity index (χ2v) is 8.77. The molecule has 2 N–H and O–H groups in total. The van der Waals surface area contributed by atoms with E-state index in [1.165, 1.54) is 13.0 Å². The Morgan fingerprint density at radius 3 is 2.62 bits per heavy atom. The number of benzene rings is 1. The SMILES string of the molecule is CC(NS(=O)(=O)c1cccs1)C(=O)Nc1ccccc1N1CCOCC1. The molecule has 140 valence electrons. The first-order chi connectivity index (χ1) is 12.5. The Kier molecular flexibility index (Phi) is 5.92. The average Bonchev–Trinajstić information content (AvgIpc) is 3.18. The van der Waals surface area contributed by atoms with Crippen molar-refractivity contribution in [3.63, 3.8) is 0 Å². The summed E-state index contributed by atoms with van der Waals surface area (Å²) in [5.41, 5.74) is 1.55. The number of hydrogen-bond acceptors (Lipinski definition) is 6. The summed E-state index contributed by atoms with van der Waals surface area (Å²) in [5.74, 6) is -0.411. The highest BCUT2D eigenvalue weighted by atomic mass is 32.2. The van der Waals surface area contributed by atoms with Crippen molar-refractivity contribution >= 4 is 38.6 Å². The van der Waals surface area contributed by atoms with Crippen LogP contribution in [0.1, 0.15) is 6.92 Å². The van der Waals surface area contributed by atoms with Gasteiger partial charge in [-0.2, -0.15) is 4.72 Å². The van der Waals surface area contributed by atoms with Gasteiger partial charge in [-0.3, -0.25) is 4.79 Å². The highest BCUT2D eigenvalue weighted by molar-refractivity contribution is 7.91. The van der Waals surface area contributed by atoms with Crippen LogP contribution in [-0.2, 0) is 19.6 Å². The number of thiophene rings is 1. The maximum atomic E-state index is 12.5. The third kappa shape index (κ3) is 4.42. The normalized spacial score (nSPS) is 16.3. The van der Waals surface area contributed by atoms with Crippen LogP contribution in [0.25, 0.3) is 0 Å². The van der Waals surface area contributed by atoms with Gasteiger partial charge in [0.05, 0.1) is 30.6 Å². The number of carbonyl (C=O) groups is 1. The Morgan fingerprint density at radius 1 is 1.19 bits per heavy atom. The second-order valence-electron chi connectivity index (χ2n) is 5.88. The first kappa shape index (κ1) is 18.8. The van der Waals surface area contributed by atoms with E-state index in [4.69, 9.17) is 4.74 Å². The average molecular weight is 396 g/mol. The molecule has 1 amide bonds. The van der Waals surface area contributed by atoms with E-state index in [0.717, 1.165) is 30.1 Å². The minimum atomic E-state index is -3.70. The summed E-state index contributed by atoms with van der Waals surface area (Å²) in [6.45, 7) is 4.29. The molecule has 26 heavy (non-hydrogen) atoms. The van der Waals surface area contributed by atoms with Crippen molar-refractivity contribution in [2.75, 3.05) is 36.5 Å². The van der Waals surface area contributed by atoms with Crippen LogP contribution in [0, 0.1) is 0 Å². The number of ether oxygens (including phenoxy) is 1. The summed E-state index contributed by atoms with van der Waals surface area (Å²) >= 11 is 1.11. The molecular formula is C17H21N3O4S2. The number of sulfonamides is 1. The fraction of sp³-hybridized carbons (Fsp3) is 0.353. The molecule has 1 aliphatic rings. The van der Waals surface area contributed by atoms with Crippen LogP contribution in [0.4, 0.5) is 11.4 Å². The maximum absolute atomic E-state index is 12.5. The highest BCUT2D eigenvalue weighted by Crippen LogP contribution is 2.26. The molecule has 1 unspecified atom stereocenters. The van der Waals surface area contributed by atoms with Crippen LogP contribution in [0.2, 0.25) is 0 Å². The standard InChI is InChI=1S/C17H21N3O4S2/c1-13(19-26(22,23)16-7-4-12-25-16)17(21)18-14-5-2-3-6-15(14)20-8-10-24-11-9-20/h2-7,12-13,19H,8-11H2,1H3,(H,18,21). The molecule has 0 spiro atoms. The molecule has 0 bridgehead atoms. The molecule has 3 rings (SSSR count). The van der Waals surface area contributed by atoms with Gasteiger partial charge in [0.15, 0.2) is 0 Å². The Labute approximate surface area is 157 Å². The molecule has 0 radical (unpaired) electrons. The summed E-state index contributed by atoms with van der Waals surface area (Å²) in [6, 6.07) is 9.74. The summed E-state index contributed by atoms with van der Waals surface area (Å²) < 4.78 is 32.5. The fourth-order valence-electron chi connectivity index (χ4n) is 2.66. The molecule has 9 heteroatoms. The molecule has 1 fully saturated rings. The number of nitrogens with zero attached hydrogens (tertiary/aromatic N) is 1. The van der Waals surface area contributed by atoms with E-state index in [1.54, 1.807) is 11.4 Å². The fourth-order valence-corrected chi connectivity index (χ4v) is 4.87. The Bertz CT molecular complexity index is 847. The van der Waals surface area contributed by atoms with Crippen molar-refractivity contribution in [3.8, 4) is 0 Å². The van der Waals surface area contributed by atoms with Gasteiger partial charge in [0.2, 0.25) is 5.91 Å². The molecule has 0 aliphatic carbocycles. The number of carbonyl (C=O) groups excluding carboxylic acids is 1. The Balaban J connectivity index is 1.70. The lowest BCUT2D eigenvalue weighted by Crippen LogP contribution is -2.42. The van der Waals surface area contributed by atoms with Crippen LogP contribution >= 0.6 is 11.3 Å². The number of anilines is 2. The highest BCUT2D eigenvalue weighted by Gasteiger charge is 2.24. The van der Waals surface area contributed by atoms with Crippen molar-refractivity contribution in [2.24, 2.45) is 0 Å². The molecule has 1 aromatic heterocycles. The number of nitrogens with one attached hydrogen (secondary N) is 2. The van der Waals surface area contributed by atoms with Gasteiger partial charge >= 0.3 is 0 Å². The van der Waals surface area contributed by atoms with Gasteiger partial charge in [-0.05, 0) is 30.5 Å². The van der Waals surface area contributed by atoms with Crippen molar-refractivity contribution in [1.29, 1.82) is 0 Å². The third-order valence-corrected chi connectivity index (χ3v) is 6.94. The van der Waals surface area contributed by atoms with E-state index in [2.05, 4.69) is 14.9 Å². The number of rotatable bonds is 6. The topological polar surface area (TPSA) is 87.7 Å². The quantitative estimate of drug-likeness (QED) is 0.780. The molecule has 2 heterocycles. The van der Waals surface area contributed by atoms with Gasteiger partial charge in [0.25, 0.3) is 10.0 Å². The van der Waals surface area contributed by atoms with Crippen molar-refractivity contribution in [3.05, 3.63) is 41.8 Å². The van der Waals surface area contributed by atoms with Crippen LogP contribution < -0.4 is 14.9 Å². The predicted octanol–water partition coefficient (Wildman–Crippen LogP) is 1.89. The van der Waals surface area contributed by atoms with Gasteiger partial charge in [-0.1, -0.05) is 18.2 Å². The summed E-state index contributed by atoms with van der Waals surface area (Å²) in [4.78, 5) is 14.7. The lowest BCUT2D eigenvalue weighted by Gasteiger charge is -2.30. The zero-order valence-corrected chi connectivity index (χ0v) is 16.0. The molecular weight excluding hydrogens is 374 g/mol. The van der Waals surface area contributed by atoms with Crippen molar-refractivity contribution < 1.29 is 17.9 Å². The molecule has 7 nitrogen and oxygen atoms in total. The van der Waals surface area contributed by atoms with Crippen LogP contribution in [0.15, 0.2) is 46.0 Å². The monoisotopic (exact) mass is 395 g/mol. The summed E-state index contributed by atoms with van der Waals surface area (Å²) in [7, 11) is -3.70. The van der Waals surface area contributed by atoms with E-state index >= 15 is 0 Å². The number of morpholine rings is 1. The van der Waals surface area contributed by atoms with Crippen molar-refractivity contribution in [1.82, 2.24) is 4.72 Å². The van der Waals surface area contributed by atoms with Gasteiger partial charge in [-0.25, -0.2) is 8.42 Å². The summed E-state index contributed by atoms with van der Waals surface area (Å²) in [6.07, 6.45) is 0.